The molecule has 1 aliphatic heterocycles. The van der Waals surface area contributed by atoms with Gasteiger partial charge in [0.1, 0.15) is 0 Å². The molecule has 16 heavy (non-hydrogen) atoms. The Labute approximate surface area is 104 Å². The summed E-state index contributed by atoms with van der Waals surface area (Å²) in [6, 6.07) is 0.419. The van der Waals surface area contributed by atoms with E-state index in [1.54, 1.807) is 6.08 Å². The van der Waals surface area contributed by atoms with Gasteiger partial charge in [0.15, 0.2) is 0 Å². The molecule has 1 rings (SSSR count). The maximum Gasteiger partial charge on any atom is 0.237 e. The van der Waals surface area contributed by atoms with Gasteiger partial charge in [-0.1, -0.05) is 6.08 Å². The molecular weight excluding hydrogens is 226 g/mol. The van der Waals surface area contributed by atoms with E-state index in [0.717, 1.165) is 19.6 Å². The van der Waals surface area contributed by atoms with Crippen LogP contribution in [0.25, 0.3) is 0 Å². The number of rotatable bonds is 4. The van der Waals surface area contributed by atoms with Crippen LogP contribution in [0.4, 0.5) is 0 Å². The van der Waals surface area contributed by atoms with Crippen molar-refractivity contribution in [1.82, 2.24) is 15.5 Å². The predicted molar refractivity (Wildman–Crippen MR) is 69.0 cm³/mol. The highest BCUT2D eigenvalue weighted by molar-refractivity contribution is 5.85. The van der Waals surface area contributed by atoms with E-state index in [2.05, 4.69) is 29.0 Å². The first-order valence-corrected chi connectivity index (χ1v) is 5.51. The first kappa shape index (κ1) is 15.4. The highest BCUT2D eigenvalue weighted by Crippen LogP contribution is 2.04. The molecular formula is C11H22ClN3O. The van der Waals surface area contributed by atoms with Crippen molar-refractivity contribution in [3.8, 4) is 0 Å². The second-order valence-electron chi connectivity index (χ2n) is 4.06. The van der Waals surface area contributed by atoms with Gasteiger partial charge in [-0.2, -0.15) is 0 Å². The smallest absolute Gasteiger partial charge is 0.237 e. The highest BCUT2D eigenvalue weighted by Gasteiger charge is 2.24. The number of carbonyl (C=O) groups is 1. The zero-order chi connectivity index (χ0) is 11.3. The van der Waals surface area contributed by atoms with Crippen LogP contribution in [-0.2, 0) is 4.79 Å². The van der Waals surface area contributed by atoms with Crippen molar-refractivity contribution in [2.24, 2.45) is 0 Å². The Morgan fingerprint density at radius 1 is 1.75 bits per heavy atom. The van der Waals surface area contributed by atoms with E-state index in [0.29, 0.717) is 12.6 Å². The Bertz CT molecular complexity index is 235. The normalized spacial score (nSPS) is 23.0. The van der Waals surface area contributed by atoms with Crippen LogP contribution < -0.4 is 10.6 Å². The Morgan fingerprint density at radius 3 is 3.00 bits per heavy atom. The van der Waals surface area contributed by atoms with Gasteiger partial charge in [-0.3, -0.25) is 9.69 Å². The molecule has 1 saturated heterocycles. The highest BCUT2D eigenvalue weighted by atomic mass is 35.5. The summed E-state index contributed by atoms with van der Waals surface area (Å²) in [6.45, 7) is 11.0. The molecule has 0 aliphatic carbocycles. The van der Waals surface area contributed by atoms with E-state index in [1.807, 2.05) is 6.92 Å². The van der Waals surface area contributed by atoms with Gasteiger partial charge in [0, 0.05) is 32.2 Å². The van der Waals surface area contributed by atoms with Crippen molar-refractivity contribution in [2.45, 2.75) is 25.9 Å². The summed E-state index contributed by atoms with van der Waals surface area (Å²) < 4.78 is 0. The number of nitrogens with one attached hydrogen (secondary N) is 2. The van der Waals surface area contributed by atoms with Gasteiger partial charge >= 0.3 is 0 Å². The SMILES string of the molecule is C=CCNC(=O)C(C)N1CCNC(C)C1.Cl. The maximum absolute atomic E-state index is 11.7. The molecule has 94 valence electrons. The Hall–Kier alpha value is -0.580. The second-order valence-corrected chi connectivity index (χ2v) is 4.06. The molecule has 0 aromatic rings. The Morgan fingerprint density at radius 2 is 2.44 bits per heavy atom. The molecule has 0 spiro atoms. The lowest BCUT2D eigenvalue weighted by molar-refractivity contribution is -0.126. The monoisotopic (exact) mass is 247 g/mol. The van der Waals surface area contributed by atoms with Gasteiger partial charge in [-0.25, -0.2) is 0 Å². The second kappa shape index (κ2) is 7.65. The lowest BCUT2D eigenvalue weighted by Gasteiger charge is -2.35. The van der Waals surface area contributed by atoms with Gasteiger partial charge in [0.2, 0.25) is 5.91 Å². The fourth-order valence-electron chi connectivity index (χ4n) is 1.80. The average Bonchev–Trinajstić information content (AvgIpc) is 2.24. The number of carbonyl (C=O) groups excluding carboxylic acids is 1. The van der Waals surface area contributed by atoms with Gasteiger partial charge in [0.05, 0.1) is 6.04 Å². The van der Waals surface area contributed by atoms with E-state index >= 15 is 0 Å². The van der Waals surface area contributed by atoms with Gasteiger partial charge in [-0.15, -0.1) is 19.0 Å². The van der Waals surface area contributed by atoms with Crippen molar-refractivity contribution in [3.05, 3.63) is 12.7 Å². The van der Waals surface area contributed by atoms with Crippen LogP contribution >= 0.6 is 12.4 Å². The number of piperazine rings is 1. The van der Waals surface area contributed by atoms with Crippen LogP contribution in [0.3, 0.4) is 0 Å². The third-order valence-electron chi connectivity index (χ3n) is 2.75. The van der Waals surface area contributed by atoms with Gasteiger partial charge in [0.25, 0.3) is 0 Å². The van der Waals surface area contributed by atoms with Crippen LogP contribution in [0.5, 0.6) is 0 Å². The average molecular weight is 248 g/mol. The molecule has 1 heterocycles. The molecule has 4 nitrogen and oxygen atoms in total. The first-order chi connectivity index (χ1) is 7.15. The van der Waals surface area contributed by atoms with Crippen LogP contribution in [0.2, 0.25) is 0 Å². The van der Waals surface area contributed by atoms with Crippen molar-refractivity contribution < 1.29 is 4.79 Å². The summed E-state index contributed by atoms with van der Waals surface area (Å²) >= 11 is 0. The Kier molecular flexibility index (Phi) is 7.38. The summed E-state index contributed by atoms with van der Waals surface area (Å²) in [5.41, 5.74) is 0. The topological polar surface area (TPSA) is 44.4 Å². The summed E-state index contributed by atoms with van der Waals surface area (Å²) in [5.74, 6) is 0.0870. The molecule has 1 fully saturated rings. The van der Waals surface area contributed by atoms with Gasteiger partial charge < -0.3 is 10.6 Å². The third kappa shape index (κ3) is 4.51. The predicted octanol–water partition coefficient (Wildman–Crippen LogP) is 0.393. The zero-order valence-corrected chi connectivity index (χ0v) is 10.8. The lowest BCUT2D eigenvalue weighted by atomic mass is 10.1. The van der Waals surface area contributed by atoms with E-state index in [-0.39, 0.29) is 24.4 Å². The fourth-order valence-corrected chi connectivity index (χ4v) is 1.80. The van der Waals surface area contributed by atoms with Crippen LogP contribution in [-0.4, -0.2) is 49.1 Å². The van der Waals surface area contributed by atoms with E-state index in [1.165, 1.54) is 0 Å². The summed E-state index contributed by atoms with van der Waals surface area (Å²) in [6.07, 6.45) is 1.70. The molecule has 0 saturated carbocycles. The molecule has 0 radical (unpaired) electrons. The number of hydrogen-bond donors (Lipinski definition) is 2. The molecule has 2 unspecified atom stereocenters. The summed E-state index contributed by atoms with van der Waals surface area (Å²) in [7, 11) is 0. The lowest BCUT2D eigenvalue weighted by Crippen LogP contribution is -2.55. The van der Waals surface area contributed by atoms with Crippen LogP contribution in [0.15, 0.2) is 12.7 Å². The molecule has 0 bridgehead atoms. The van der Waals surface area contributed by atoms with Crippen molar-refractivity contribution in [2.75, 3.05) is 26.2 Å². The molecule has 0 aromatic heterocycles. The minimum atomic E-state index is -0.0468. The van der Waals surface area contributed by atoms with Crippen LogP contribution in [0, 0.1) is 0 Å². The Balaban J connectivity index is 0.00000225. The summed E-state index contributed by atoms with van der Waals surface area (Å²) in [4.78, 5) is 13.9. The van der Waals surface area contributed by atoms with Crippen molar-refractivity contribution in [3.63, 3.8) is 0 Å². The molecule has 1 aliphatic rings. The minimum Gasteiger partial charge on any atom is -0.351 e. The number of hydrogen-bond acceptors (Lipinski definition) is 3. The van der Waals surface area contributed by atoms with Crippen molar-refractivity contribution >= 4 is 18.3 Å². The standard InChI is InChI=1S/C11H21N3O.ClH/c1-4-5-13-11(15)10(3)14-7-6-12-9(2)8-14;/h4,9-10,12H,1,5-8H2,2-3H3,(H,13,15);1H. The zero-order valence-electron chi connectivity index (χ0n) is 10.0. The van der Waals surface area contributed by atoms with Gasteiger partial charge in [-0.05, 0) is 13.8 Å². The third-order valence-corrected chi connectivity index (χ3v) is 2.75. The van der Waals surface area contributed by atoms with E-state index in [4.69, 9.17) is 0 Å². The number of nitrogens with zero attached hydrogens (tertiary/aromatic N) is 1. The van der Waals surface area contributed by atoms with E-state index in [9.17, 15) is 4.79 Å². The number of halogens is 1. The molecule has 2 atom stereocenters. The molecule has 1 amide bonds. The van der Waals surface area contributed by atoms with Crippen LogP contribution in [0.1, 0.15) is 13.8 Å². The molecule has 2 N–H and O–H groups in total. The maximum atomic E-state index is 11.7. The minimum absolute atomic E-state index is 0. The quantitative estimate of drug-likeness (QED) is 0.707. The summed E-state index contributed by atoms with van der Waals surface area (Å²) in [5, 5.41) is 6.18. The molecule has 0 aromatic carbocycles. The first-order valence-electron chi connectivity index (χ1n) is 5.51. The number of amides is 1. The molecule has 5 heteroatoms. The fraction of sp³-hybridized carbons (Fsp3) is 0.727. The largest absolute Gasteiger partial charge is 0.351 e. The van der Waals surface area contributed by atoms with Crippen molar-refractivity contribution in [1.29, 1.82) is 0 Å². The van der Waals surface area contributed by atoms with E-state index < -0.39 is 0 Å².